The van der Waals surface area contributed by atoms with Gasteiger partial charge in [-0.3, -0.25) is 9.48 Å². The summed E-state index contributed by atoms with van der Waals surface area (Å²) in [6.45, 7) is 5.84. The number of aryl methyl sites for hydroxylation is 2. The van der Waals surface area contributed by atoms with Crippen molar-refractivity contribution < 1.29 is 4.79 Å². The van der Waals surface area contributed by atoms with Crippen LogP contribution in [0.15, 0.2) is 0 Å². The second-order valence-corrected chi connectivity index (χ2v) is 4.45. The van der Waals surface area contributed by atoms with Crippen molar-refractivity contribution in [3.63, 3.8) is 0 Å². The lowest BCUT2D eigenvalue weighted by Gasteiger charge is -2.20. The van der Waals surface area contributed by atoms with Crippen molar-refractivity contribution in [2.45, 2.75) is 33.2 Å². The largest absolute Gasteiger partial charge is 0.394 e. The first-order valence-corrected chi connectivity index (χ1v) is 5.75. The standard InChI is InChI=1S/C11H21N5O/c1-5-7-8(12)11(16(4)15-7)14-9(6(2)3)10(13)17/h6,9,14H,5,12H2,1-4H3,(H2,13,17). The molecule has 1 atom stereocenters. The van der Waals surface area contributed by atoms with Crippen LogP contribution in [0.2, 0.25) is 0 Å². The highest BCUT2D eigenvalue weighted by Crippen LogP contribution is 2.24. The molecule has 96 valence electrons. The molecule has 1 aromatic rings. The normalized spacial score (nSPS) is 12.8. The van der Waals surface area contributed by atoms with Gasteiger partial charge in [0.2, 0.25) is 5.91 Å². The molecule has 0 aliphatic carbocycles. The maximum atomic E-state index is 11.3. The van der Waals surface area contributed by atoms with Gasteiger partial charge in [-0.05, 0) is 12.3 Å². The number of anilines is 2. The zero-order chi connectivity index (χ0) is 13.2. The Bertz CT molecular complexity index is 410. The number of hydrogen-bond donors (Lipinski definition) is 3. The smallest absolute Gasteiger partial charge is 0.240 e. The molecular formula is C11H21N5O. The monoisotopic (exact) mass is 239 g/mol. The third kappa shape index (κ3) is 2.69. The Morgan fingerprint density at radius 3 is 2.47 bits per heavy atom. The Balaban J connectivity index is 3.01. The summed E-state index contributed by atoms with van der Waals surface area (Å²) < 4.78 is 1.65. The Morgan fingerprint density at radius 1 is 1.53 bits per heavy atom. The van der Waals surface area contributed by atoms with E-state index >= 15 is 0 Å². The highest BCUT2D eigenvalue weighted by Gasteiger charge is 2.22. The predicted molar refractivity (Wildman–Crippen MR) is 68.4 cm³/mol. The number of primary amides is 1. The van der Waals surface area contributed by atoms with Gasteiger partial charge < -0.3 is 16.8 Å². The molecule has 0 saturated carbocycles. The number of hydrogen-bond acceptors (Lipinski definition) is 4. The number of rotatable bonds is 5. The molecule has 0 spiro atoms. The van der Waals surface area contributed by atoms with Crippen LogP contribution in [0.3, 0.4) is 0 Å². The Kier molecular flexibility index (Phi) is 3.98. The summed E-state index contributed by atoms with van der Waals surface area (Å²) >= 11 is 0. The molecule has 6 heteroatoms. The molecule has 0 aliphatic rings. The summed E-state index contributed by atoms with van der Waals surface area (Å²) in [4.78, 5) is 11.3. The summed E-state index contributed by atoms with van der Waals surface area (Å²) in [5.41, 5.74) is 12.7. The van der Waals surface area contributed by atoms with E-state index < -0.39 is 11.9 Å². The van der Waals surface area contributed by atoms with Crippen LogP contribution < -0.4 is 16.8 Å². The van der Waals surface area contributed by atoms with Gasteiger partial charge in [0.05, 0.1) is 11.4 Å². The van der Waals surface area contributed by atoms with E-state index in [1.54, 1.807) is 11.7 Å². The van der Waals surface area contributed by atoms with Gasteiger partial charge in [-0.15, -0.1) is 0 Å². The highest BCUT2D eigenvalue weighted by molar-refractivity contribution is 5.84. The molecule has 0 saturated heterocycles. The number of aromatic nitrogens is 2. The van der Waals surface area contributed by atoms with Gasteiger partial charge in [0.15, 0.2) is 0 Å². The minimum absolute atomic E-state index is 0.0897. The number of nitrogens with two attached hydrogens (primary N) is 2. The summed E-state index contributed by atoms with van der Waals surface area (Å²) in [5, 5.41) is 7.35. The molecule has 1 rings (SSSR count). The molecule has 1 aromatic heterocycles. The van der Waals surface area contributed by atoms with Crippen molar-refractivity contribution in [1.29, 1.82) is 0 Å². The maximum Gasteiger partial charge on any atom is 0.240 e. The predicted octanol–water partition coefficient (Wildman–Crippen LogP) is 0.487. The summed E-state index contributed by atoms with van der Waals surface area (Å²) in [6.07, 6.45) is 0.754. The molecule has 6 nitrogen and oxygen atoms in total. The van der Waals surface area contributed by atoms with E-state index in [4.69, 9.17) is 11.5 Å². The second kappa shape index (κ2) is 5.07. The SMILES string of the molecule is CCc1nn(C)c(NC(C(N)=O)C(C)C)c1N. The van der Waals surface area contributed by atoms with Gasteiger partial charge in [-0.25, -0.2) is 0 Å². The van der Waals surface area contributed by atoms with Crippen LogP contribution in [0.1, 0.15) is 26.5 Å². The van der Waals surface area contributed by atoms with Crippen molar-refractivity contribution in [3.05, 3.63) is 5.69 Å². The number of carbonyl (C=O) groups excluding carboxylic acids is 1. The lowest BCUT2D eigenvalue weighted by Crippen LogP contribution is -2.40. The third-order valence-electron chi connectivity index (χ3n) is 2.76. The van der Waals surface area contributed by atoms with Crippen molar-refractivity contribution >= 4 is 17.4 Å². The Hall–Kier alpha value is -1.72. The number of nitrogens with zero attached hydrogens (tertiary/aromatic N) is 2. The van der Waals surface area contributed by atoms with E-state index in [1.807, 2.05) is 20.8 Å². The topological polar surface area (TPSA) is 99.0 Å². The van der Waals surface area contributed by atoms with E-state index in [2.05, 4.69) is 10.4 Å². The van der Waals surface area contributed by atoms with Crippen LogP contribution in [-0.4, -0.2) is 21.7 Å². The molecule has 0 radical (unpaired) electrons. The van der Waals surface area contributed by atoms with Gasteiger partial charge in [0.1, 0.15) is 11.9 Å². The lowest BCUT2D eigenvalue weighted by molar-refractivity contribution is -0.119. The molecular weight excluding hydrogens is 218 g/mol. The highest BCUT2D eigenvalue weighted by atomic mass is 16.1. The first kappa shape index (κ1) is 13.3. The molecule has 0 fully saturated rings. The average Bonchev–Trinajstić information content (AvgIpc) is 2.50. The van der Waals surface area contributed by atoms with Crippen LogP contribution in [0, 0.1) is 5.92 Å². The summed E-state index contributed by atoms with van der Waals surface area (Å²) in [7, 11) is 1.79. The average molecular weight is 239 g/mol. The number of carbonyl (C=O) groups is 1. The van der Waals surface area contributed by atoms with Crippen LogP contribution in [-0.2, 0) is 18.3 Å². The fourth-order valence-corrected chi connectivity index (χ4v) is 1.74. The molecule has 17 heavy (non-hydrogen) atoms. The third-order valence-corrected chi connectivity index (χ3v) is 2.76. The first-order valence-electron chi connectivity index (χ1n) is 5.75. The van der Waals surface area contributed by atoms with E-state index in [1.165, 1.54) is 0 Å². The van der Waals surface area contributed by atoms with Gasteiger partial charge in [0.25, 0.3) is 0 Å². The lowest BCUT2D eigenvalue weighted by atomic mass is 10.0. The number of nitrogens with one attached hydrogen (secondary N) is 1. The van der Waals surface area contributed by atoms with Crippen LogP contribution in [0.25, 0.3) is 0 Å². The second-order valence-electron chi connectivity index (χ2n) is 4.45. The summed E-state index contributed by atoms with van der Waals surface area (Å²) in [5.74, 6) is 0.352. The van der Waals surface area contributed by atoms with Gasteiger partial charge in [-0.2, -0.15) is 5.10 Å². The van der Waals surface area contributed by atoms with Crippen molar-refractivity contribution in [2.24, 2.45) is 18.7 Å². The van der Waals surface area contributed by atoms with Gasteiger partial charge in [0, 0.05) is 7.05 Å². The van der Waals surface area contributed by atoms with E-state index in [0.717, 1.165) is 12.1 Å². The van der Waals surface area contributed by atoms with Crippen LogP contribution in [0.5, 0.6) is 0 Å². The van der Waals surface area contributed by atoms with Gasteiger partial charge >= 0.3 is 0 Å². The maximum absolute atomic E-state index is 11.3. The molecule has 1 unspecified atom stereocenters. The molecule has 5 N–H and O–H groups in total. The van der Waals surface area contributed by atoms with Crippen molar-refractivity contribution in [2.75, 3.05) is 11.1 Å². The van der Waals surface area contributed by atoms with E-state index in [0.29, 0.717) is 11.5 Å². The Morgan fingerprint density at radius 2 is 2.12 bits per heavy atom. The molecule has 0 aliphatic heterocycles. The first-order chi connectivity index (χ1) is 7.88. The fraction of sp³-hybridized carbons (Fsp3) is 0.636. The van der Waals surface area contributed by atoms with Crippen molar-refractivity contribution in [1.82, 2.24) is 9.78 Å². The Labute approximate surface area is 101 Å². The van der Waals surface area contributed by atoms with E-state index in [-0.39, 0.29) is 5.92 Å². The van der Waals surface area contributed by atoms with Crippen molar-refractivity contribution in [3.8, 4) is 0 Å². The number of nitrogen functional groups attached to an aromatic ring is 1. The van der Waals surface area contributed by atoms with Crippen LogP contribution in [0.4, 0.5) is 11.5 Å². The minimum atomic E-state index is -0.447. The molecule has 0 bridgehead atoms. The minimum Gasteiger partial charge on any atom is -0.394 e. The zero-order valence-corrected chi connectivity index (χ0v) is 10.8. The van der Waals surface area contributed by atoms with Gasteiger partial charge in [-0.1, -0.05) is 20.8 Å². The quantitative estimate of drug-likeness (QED) is 0.696. The zero-order valence-electron chi connectivity index (χ0n) is 10.8. The fourth-order valence-electron chi connectivity index (χ4n) is 1.74. The molecule has 1 amide bonds. The van der Waals surface area contributed by atoms with E-state index in [9.17, 15) is 4.79 Å². The molecule has 0 aromatic carbocycles. The van der Waals surface area contributed by atoms with Crippen LogP contribution >= 0.6 is 0 Å². The number of amides is 1. The molecule has 1 heterocycles. The summed E-state index contributed by atoms with van der Waals surface area (Å²) in [6, 6.07) is -0.447.